The Kier molecular flexibility index (Phi) is 4.92. The van der Waals surface area contributed by atoms with Gasteiger partial charge in [-0.15, -0.1) is 0 Å². The van der Waals surface area contributed by atoms with Gasteiger partial charge < -0.3 is 5.11 Å². The van der Waals surface area contributed by atoms with Crippen molar-refractivity contribution in [3.05, 3.63) is 35.4 Å². The molecule has 0 aromatic heterocycles. The minimum Gasteiger partial charge on any atom is -0.481 e. The van der Waals surface area contributed by atoms with E-state index in [1.807, 2.05) is 30.0 Å². The van der Waals surface area contributed by atoms with Crippen LogP contribution in [0, 0.1) is 0 Å². The number of benzene rings is 1. The molecular weight excluding hydrogens is 256 g/mol. The standard InChI is InChI=1S/C16H22O2S/c1-2-19-12-6-11-16(15(17)18)10-5-8-13-7-3-4-9-14(13)16/h3-4,7,9H,2,5-6,8,10-12H2,1H3,(H,17,18). The maximum Gasteiger partial charge on any atom is 0.314 e. The molecule has 0 spiro atoms. The van der Waals surface area contributed by atoms with E-state index >= 15 is 0 Å². The third-order valence-corrected chi connectivity index (χ3v) is 5.07. The predicted octanol–water partition coefficient (Wildman–Crippen LogP) is 3.88. The SMILES string of the molecule is CCSCCCC1(C(=O)O)CCCc2ccccc21. The van der Waals surface area contributed by atoms with Crippen molar-refractivity contribution in [3.63, 3.8) is 0 Å². The summed E-state index contributed by atoms with van der Waals surface area (Å²) in [5.74, 6) is 1.53. The van der Waals surface area contributed by atoms with Gasteiger partial charge in [-0.05, 0) is 54.7 Å². The average Bonchev–Trinajstić information content (AvgIpc) is 2.43. The van der Waals surface area contributed by atoms with Gasteiger partial charge in [0.25, 0.3) is 0 Å². The van der Waals surface area contributed by atoms with Crippen molar-refractivity contribution < 1.29 is 9.90 Å². The zero-order valence-electron chi connectivity index (χ0n) is 11.5. The second-order valence-electron chi connectivity index (χ2n) is 5.20. The summed E-state index contributed by atoms with van der Waals surface area (Å²) in [7, 11) is 0. The van der Waals surface area contributed by atoms with E-state index in [-0.39, 0.29) is 0 Å². The summed E-state index contributed by atoms with van der Waals surface area (Å²) in [6.07, 6.45) is 4.56. The molecule has 1 aliphatic carbocycles. The summed E-state index contributed by atoms with van der Waals surface area (Å²) >= 11 is 1.90. The minimum absolute atomic E-state index is 0.636. The molecule has 0 bridgehead atoms. The third kappa shape index (κ3) is 2.97. The number of fused-ring (bicyclic) bond motifs is 1. The van der Waals surface area contributed by atoms with Gasteiger partial charge in [-0.3, -0.25) is 4.79 Å². The van der Waals surface area contributed by atoms with Crippen LogP contribution < -0.4 is 0 Å². The molecule has 1 aromatic rings. The summed E-state index contributed by atoms with van der Waals surface area (Å²) in [5, 5.41) is 9.79. The van der Waals surface area contributed by atoms with Gasteiger partial charge in [-0.1, -0.05) is 31.2 Å². The number of aryl methyl sites for hydroxylation is 1. The number of hydrogen-bond acceptors (Lipinski definition) is 2. The first-order valence-electron chi connectivity index (χ1n) is 7.10. The molecule has 1 N–H and O–H groups in total. The van der Waals surface area contributed by atoms with Crippen molar-refractivity contribution in [2.45, 2.75) is 44.4 Å². The summed E-state index contributed by atoms with van der Waals surface area (Å²) in [6.45, 7) is 2.15. The normalized spacial score (nSPS) is 21.9. The zero-order chi connectivity index (χ0) is 13.7. The van der Waals surface area contributed by atoms with E-state index in [0.29, 0.717) is 0 Å². The summed E-state index contributed by atoms with van der Waals surface area (Å²) < 4.78 is 0. The third-order valence-electron chi connectivity index (χ3n) is 4.09. The fourth-order valence-corrected chi connectivity index (χ4v) is 3.77. The Morgan fingerprint density at radius 3 is 2.95 bits per heavy atom. The number of carbonyl (C=O) groups is 1. The topological polar surface area (TPSA) is 37.3 Å². The molecule has 1 unspecified atom stereocenters. The Labute approximate surface area is 119 Å². The predicted molar refractivity (Wildman–Crippen MR) is 80.9 cm³/mol. The molecule has 0 heterocycles. The summed E-state index contributed by atoms with van der Waals surface area (Å²) in [6, 6.07) is 8.11. The molecule has 104 valence electrons. The Morgan fingerprint density at radius 1 is 1.42 bits per heavy atom. The molecule has 0 saturated heterocycles. The largest absolute Gasteiger partial charge is 0.481 e. The van der Waals surface area contributed by atoms with Crippen LogP contribution in [0.2, 0.25) is 0 Å². The van der Waals surface area contributed by atoms with Crippen LogP contribution in [-0.2, 0) is 16.6 Å². The van der Waals surface area contributed by atoms with Crippen molar-refractivity contribution >= 4 is 17.7 Å². The molecule has 0 radical (unpaired) electrons. The molecule has 0 fully saturated rings. The van der Waals surface area contributed by atoms with E-state index in [4.69, 9.17) is 0 Å². The van der Waals surface area contributed by atoms with Gasteiger partial charge in [0.2, 0.25) is 0 Å². The van der Waals surface area contributed by atoms with Crippen LogP contribution in [0.3, 0.4) is 0 Å². The van der Waals surface area contributed by atoms with Crippen LogP contribution in [-0.4, -0.2) is 22.6 Å². The lowest BCUT2D eigenvalue weighted by atomic mass is 9.67. The summed E-state index contributed by atoms with van der Waals surface area (Å²) in [5.41, 5.74) is 1.66. The maximum atomic E-state index is 11.9. The highest BCUT2D eigenvalue weighted by Gasteiger charge is 2.42. The first-order valence-corrected chi connectivity index (χ1v) is 8.25. The second kappa shape index (κ2) is 6.47. The molecule has 1 atom stereocenters. The fraction of sp³-hybridized carbons (Fsp3) is 0.562. The van der Waals surface area contributed by atoms with Crippen LogP contribution in [0.15, 0.2) is 24.3 Å². The maximum absolute atomic E-state index is 11.9. The second-order valence-corrected chi connectivity index (χ2v) is 6.59. The molecule has 0 saturated carbocycles. The molecule has 2 rings (SSSR count). The van der Waals surface area contributed by atoms with Gasteiger partial charge in [0.1, 0.15) is 0 Å². The highest BCUT2D eigenvalue weighted by atomic mass is 32.2. The van der Waals surface area contributed by atoms with Crippen LogP contribution in [0.4, 0.5) is 0 Å². The number of aliphatic carboxylic acids is 1. The quantitative estimate of drug-likeness (QED) is 0.802. The van der Waals surface area contributed by atoms with E-state index in [1.54, 1.807) is 0 Å². The van der Waals surface area contributed by atoms with Gasteiger partial charge in [0.05, 0.1) is 5.41 Å². The van der Waals surface area contributed by atoms with Crippen LogP contribution in [0.5, 0.6) is 0 Å². The van der Waals surface area contributed by atoms with Crippen LogP contribution >= 0.6 is 11.8 Å². The van der Waals surface area contributed by atoms with Gasteiger partial charge >= 0.3 is 5.97 Å². The Balaban J connectivity index is 2.23. The number of carboxylic acid groups (broad SMARTS) is 1. The Morgan fingerprint density at radius 2 is 2.21 bits per heavy atom. The molecule has 1 aliphatic rings. The first-order chi connectivity index (χ1) is 9.20. The van der Waals surface area contributed by atoms with E-state index in [2.05, 4.69) is 13.0 Å². The number of thioether (sulfide) groups is 1. The van der Waals surface area contributed by atoms with Crippen molar-refractivity contribution in [2.75, 3.05) is 11.5 Å². The fourth-order valence-electron chi connectivity index (χ4n) is 3.13. The zero-order valence-corrected chi connectivity index (χ0v) is 12.3. The van der Waals surface area contributed by atoms with Crippen LogP contribution in [0.25, 0.3) is 0 Å². The smallest absolute Gasteiger partial charge is 0.314 e. The number of rotatable bonds is 6. The lowest BCUT2D eigenvalue weighted by molar-refractivity contribution is -0.144. The van der Waals surface area contributed by atoms with Gasteiger partial charge in [0, 0.05) is 0 Å². The van der Waals surface area contributed by atoms with E-state index < -0.39 is 11.4 Å². The Hall–Kier alpha value is -0.960. The van der Waals surface area contributed by atoms with Gasteiger partial charge in [0.15, 0.2) is 0 Å². The van der Waals surface area contributed by atoms with Gasteiger partial charge in [-0.2, -0.15) is 11.8 Å². The van der Waals surface area contributed by atoms with E-state index in [0.717, 1.165) is 49.2 Å². The lowest BCUT2D eigenvalue weighted by Crippen LogP contribution is -2.39. The molecule has 2 nitrogen and oxygen atoms in total. The van der Waals surface area contributed by atoms with Crippen molar-refractivity contribution in [3.8, 4) is 0 Å². The molecule has 0 amide bonds. The average molecular weight is 278 g/mol. The lowest BCUT2D eigenvalue weighted by Gasteiger charge is -2.35. The van der Waals surface area contributed by atoms with E-state index in [9.17, 15) is 9.90 Å². The number of hydrogen-bond donors (Lipinski definition) is 1. The highest BCUT2D eigenvalue weighted by molar-refractivity contribution is 7.99. The summed E-state index contributed by atoms with van der Waals surface area (Å²) in [4.78, 5) is 11.9. The monoisotopic (exact) mass is 278 g/mol. The van der Waals surface area contributed by atoms with Crippen molar-refractivity contribution in [1.82, 2.24) is 0 Å². The Bertz CT molecular complexity index is 444. The highest BCUT2D eigenvalue weighted by Crippen LogP contribution is 2.41. The van der Waals surface area contributed by atoms with Gasteiger partial charge in [-0.25, -0.2) is 0 Å². The minimum atomic E-state index is -0.638. The molecule has 1 aromatic carbocycles. The van der Waals surface area contributed by atoms with E-state index in [1.165, 1.54) is 5.56 Å². The molecule has 19 heavy (non-hydrogen) atoms. The molecular formula is C16H22O2S. The van der Waals surface area contributed by atoms with Crippen molar-refractivity contribution in [1.29, 1.82) is 0 Å². The van der Waals surface area contributed by atoms with Crippen molar-refractivity contribution in [2.24, 2.45) is 0 Å². The molecule has 0 aliphatic heterocycles. The number of carboxylic acids is 1. The molecule has 3 heteroatoms. The van der Waals surface area contributed by atoms with Crippen LogP contribution in [0.1, 0.15) is 43.7 Å². The first kappa shape index (κ1) is 14.4.